The SMILES string of the molecule is CC=N.N#CCCN. The van der Waals surface area contributed by atoms with Crippen molar-refractivity contribution in [3.8, 4) is 6.07 Å². The average Bonchev–Trinajstić information content (AvgIpc) is 1.71. The lowest BCUT2D eigenvalue weighted by Gasteiger charge is -1.68. The fourth-order valence-corrected chi connectivity index (χ4v) is 0.0645. The molecule has 0 heterocycles. The molecule has 0 aromatic rings. The summed E-state index contributed by atoms with van der Waals surface area (Å²) in [5.41, 5.74) is 4.92. The van der Waals surface area contributed by atoms with Gasteiger partial charge in [0.05, 0.1) is 6.07 Å². The molecule has 3 heteroatoms. The molecule has 0 fully saturated rings. The van der Waals surface area contributed by atoms with Crippen LogP contribution >= 0.6 is 0 Å². The van der Waals surface area contributed by atoms with Crippen LogP contribution in [0.1, 0.15) is 13.3 Å². The summed E-state index contributed by atoms with van der Waals surface area (Å²) in [5.74, 6) is 0. The number of nitriles is 1. The van der Waals surface area contributed by atoms with E-state index < -0.39 is 0 Å². The fraction of sp³-hybridized carbons (Fsp3) is 0.600. The second-order valence-corrected chi connectivity index (χ2v) is 0.985. The molecule has 0 aromatic heterocycles. The Kier molecular flexibility index (Phi) is 21.0. The van der Waals surface area contributed by atoms with Crippen molar-refractivity contribution in [3.05, 3.63) is 0 Å². The van der Waals surface area contributed by atoms with Crippen LogP contribution in [0.15, 0.2) is 0 Å². The highest BCUT2D eigenvalue weighted by molar-refractivity contribution is 5.48. The van der Waals surface area contributed by atoms with Gasteiger partial charge in [0.15, 0.2) is 0 Å². The summed E-state index contributed by atoms with van der Waals surface area (Å²) < 4.78 is 0. The zero-order valence-corrected chi connectivity index (χ0v) is 5.02. The third kappa shape index (κ3) is 69.3. The number of nitrogens with one attached hydrogen (secondary N) is 1. The molecule has 3 nitrogen and oxygen atoms in total. The van der Waals surface area contributed by atoms with E-state index in [1.54, 1.807) is 6.92 Å². The number of hydrogen-bond donors (Lipinski definition) is 2. The lowest BCUT2D eigenvalue weighted by Crippen LogP contribution is -1.94. The van der Waals surface area contributed by atoms with E-state index in [2.05, 4.69) is 0 Å². The van der Waals surface area contributed by atoms with Crippen molar-refractivity contribution < 1.29 is 0 Å². The zero-order valence-electron chi connectivity index (χ0n) is 5.02. The second kappa shape index (κ2) is 16.5. The summed E-state index contributed by atoms with van der Waals surface area (Å²) in [6.07, 6.45) is 1.72. The Morgan fingerprint density at radius 3 is 2.25 bits per heavy atom. The second-order valence-electron chi connectivity index (χ2n) is 0.985. The Balaban J connectivity index is 0. The standard InChI is InChI=1S/C3H6N2.C2H5N/c4-2-1-3-5;1-2-3/h1-2,4H2;2-3H,1H3. The molecule has 0 aliphatic carbocycles. The van der Waals surface area contributed by atoms with Crippen LogP contribution in [0.25, 0.3) is 0 Å². The molecular weight excluding hydrogens is 102 g/mol. The van der Waals surface area contributed by atoms with Crippen LogP contribution in [0.5, 0.6) is 0 Å². The Morgan fingerprint density at radius 2 is 2.25 bits per heavy atom. The summed E-state index contributed by atoms with van der Waals surface area (Å²) in [6.45, 7) is 2.15. The lowest BCUT2D eigenvalue weighted by atomic mass is 10.5. The molecule has 3 N–H and O–H groups in total. The predicted molar refractivity (Wildman–Crippen MR) is 33.7 cm³/mol. The minimum Gasteiger partial charge on any atom is -0.329 e. The van der Waals surface area contributed by atoms with Crippen LogP contribution in [0, 0.1) is 16.7 Å². The first-order valence-electron chi connectivity index (χ1n) is 2.35. The molecule has 0 saturated carbocycles. The molecule has 0 bridgehead atoms. The molecule has 0 saturated heterocycles. The maximum atomic E-state index is 7.74. The van der Waals surface area contributed by atoms with Gasteiger partial charge in [-0.1, -0.05) is 0 Å². The van der Waals surface area contributed by atoms with E-state index in [1.807, 2.05) is 6.07 Å². The molecule has 46 valence electrons. The van der Waals surface area contributed by atoms with Crippen molar-refractivity contribution in [3.63, 3.8) is 0 Å². The van der Waals surface area contributed by atoms with Gasteiger partial charge in [-0.2, -0.15) is 5.26 Å². The molecular formula is C5H11N3. The van der Waals surface area contributed by atoms with Crippen molar-refractivity contribution in [2.45, 2.75) is 13.3 Å². The van der Waals surface area contributed by atoms with Crippen molar-refractivity contribution in [1.82, 2.24) is 0 Å². The number of rotatable bonds is 1. The topological polar surface area (TPSA) is 73.7 Å². The van der Waals surface area contributed by atoms with Gasteiger partial charge in [0, 0.05) is 13.0 Å². The Hall–Kier alpha value is -0.880. The number of nitrogens with two attached hydrogens (primary N) is 1. The van der Waals surface area contributed by atoms with Gasteiger partial charge in [0.25, 0.3) is 0 Å². The van der Waals surface area contributed by atoms with E-state index in [-0.39, 0.29) is 0 Å². The van der Waals surface area contributed by atoms with Gasteiger partial charge < -0.3 is 11.1 Å². The molecule has 0 amide bonds. The molecule has 0 spiro atoms. The Morgan fingerprint density at radius 1 is 1.88 bits per heavy atom. The smallest absolute Gasteiger partial charge is 0.0635 e. The van der Waals surface area contributed by atoms with E-state index in [1.165, 1.54) is 6.21 Å². The first kappa shape index (κ1) is 10.2. The van der Waals surface area contributed by atoms with Crippen molar-refractivity contribution in [1.29, 1.82) is 10.7 Å². The number of nitrogens with zero attached hydrogens (tertiary/aromatic N) is 1. The van der Waals surface area contributed by atoms with Crippen LogP contribution in [-0.2, 0) is 0 Å². The van der Waals surface area contributed by atoms with Crippen LogP contribution in [0.3, 0.4) is 0 Å². The third-order valence-corrected chi connectivity index (χ3v) is 0.256. The van der Waals surface area contributed by atoms with E-state index in [0.29, 0.717) is 13.0 Å². The first-order valence-corrected chi connectivity index (χ1v) is 2.35. The van der Waals surface area contributed by atoms with E-state index in [0.717, 1.165) is 0 Å². The molecule has 0 unspecified atom stereocenters. The Labute approximate surface area is 49.6 Å². The van der Waals surface area contributed by atoms with Crippen molar-refractivity contribution in [2.75, 3.05) is 6.54 Å². The van der Waals surface area contributed by atoms with Crippen LogP contribution < -0.4 is 5.73 Å². The zero-order chi connectivity index (χ0) is 6.83. The van der Waals surface area contributed by atoms with E-state index in [9.17, 15) is 0 Å². The molecule has 0 aliphatic rings. The quantitative estimate of drug-likeness (QED) is 0.486. The summed E-state index contributed by atoms with van der Waals surface area (Å²) in [6, 6.07) is 1.89. The van der Waals surface area contributed by atoms with Gasteiger partial charge in [-0.3, -0.25) is 0 Å². The normalized spacial score (nSPS) is 5.62. The Bertz CT molecular complexity index is 72.2. The minimum absolute atomic E-state index is 0.472. The van der Waals surface area contributed by atoms with E-state index in [4.69, 9.17) is 16.4 Å². The summed E-state index contributed by atoms with van der Waals surface area (Å²) >= 11 is 0. The predicted octanol–water partition coefficient (Wildman–Crippen LogP) is 0.515. The number of hydrogen-bond acceptors (Lipinski definition) is 3. The maximum absolute atomic E-state index is 7.74. The van der Waals surface area contributed by atoms with Crippen molar-refractivity contribution in [2.24, 2.45) is 5.73 Å². The third-order valence-electron chi connectivity index (χ3n) is 0.256. The van der Waals surface area contributed by atoms with Gasteiger partial charge in [-0.15, -0.1) is 0 Å². The van der Waals surface area contributed by atoms with Gasteiger partial charge >= 0.3 is 0 Å². The van der Waals surface area contributed by atoms with Crippen molar-refractivity contribution >= 4 is 6.21 Å². The van der Waals surface area contributed by atoms with Crippen LogP contribution in [-0.4, -0.2) is 12.8 Å². The fourth-order valence-electron chi connectivity index (χ4n) is 0.0645. The largest absolute Gasteiger partial charge is 0.329 e. The van der Waals surface area contributed by atoms with E-state index >= 15 is 0 Å². The minimum atomic E-state index is 0.472. The highest BCUT2D eigenvalue weighted by atomic mass is 14.5. The monoisotopic (exact) mass is 113 g/mol. The van der Waals surface area contributed by atoms with Gasteiger partial charge in [-0.05, 0) is 13.1 Å². The lowest BCUT2D eigenvalue weighted by molar-refractivity contribution is 1.02. The first-order chi connectivity index (χ1) is 3.83. The summed E-state index contributed by atoms with van der Waals surface area (Å²) in [4.78, 5) is 0. The highest BCUT2D eigenvalue weighted by Crippen LogP contribution is 1.59. The van der Waals surface area contributed by atoms with Crippen LogP contribution in [0.4, 0.5) is 0 Å². The summed E-state index contributed by atoms with van der Waals surface area (Å²) in [7, 11) is 0. The average molecular weight is 113 g/mol. The van der Waals surface area contributed by atoms with Gasteiger partial charge in [0.1, 0.15) is 0 Å². The van der Waals surface area contributed by atoms with Gasteiger partial charge in [-0.25, -0.2) is 0 Å². The van der Waals surface area contributed by atoms with Crippen LogP contribution in [0.2, 0.25) is 0 Å². The molecule has 0 atom stereocenters. The summed E-state index contributed by atoms with van der Waals surface area (Å²) in [5, 5.41) is 13.8. The van der Waals surface area contributed by atoms with Gasteiger partial charge in [0.2, 0.25) is 0 Å². The molecule has 0 aromatic carbocycles. The molecule has 0 radical (unpaired) electrons. The molecule has 0 rings (SSSR count). The highest BCUT2D eigenvalue weighted by Gasteiger charge is 1.65. The molecule has 8 heavy (non-hydrogen) atoms. The maximum Gasteiger partial charge on any atom is 0.0635 e. The molecule has 0 aliphatic heterocycles.